The second kappa shape index (κ2) is 22.9. The molecular formula is C80H68N2O8. The van der Waals surface area contributed by atoms with E-state index in [4.69, 9.17) is 22.7 Å². The Hall–Kier alpha value is -10.5. The Morgan fingerprint density at radius 3 is 1.31 bits per heavy atom. The van der Waals surface area contributed by atoms with Crippen molar-refractivity contribution < 1.29 is 22.7 Å². The molecule has 0 atom stereocenters. The number of nitrogens with zero attached hydrogens (tertiary/aromatic N) is 2. The molecule has 0 saturated carbocycles. The van der Waals surface area contributed by atoms with Crippen LogP contribution in [0, 0.1) is 0 Å². The van der Waals surface area contributed by atoms with E-state index in [-0.39, 0.29) is 11.3 Å². The zero-order chi connectivity index (χ0) is 62.1. The van der Waals surface area contributed by atoms with Gasteiger partial charge in [-0.3, -0.25) is 0 Å². The van der Waals surface area contributed by atoms with Crippen LogP contribution in [0.1, 0.15) is 65.5 Å². The van der Waals surface area contributed by atoms with Crippen molar-refractivity contribution in [3.63, 3.8) is 0 Å². The smallest absolute Gasteiger partial charge is 0.344 e. The summed E-state index contributed by atoms with van der Waals surface area (Å²) in [6.07, 6.45) is 2.06. The fraction of sp³-hybridized carbons (Fsp3) is 0.188. The average Bonchev–Trinajstić information content (AvgIpc) is 1.59. The van der Waals surface area contributed by atoms with Gasteiger partial charge in [0.25, 0.3) is 0 Å². The summed E-state index contributed by atoms with van der Waals surface area (Å²) in [5.74, 6) is 1.07. The van der Waals surface area contributed by atoms with Crippen molar-refractivity contribution in [3.8, 4) is 89.4 Å². The molecule has 1 aliphatic rings. The van der Waals surface area contributed by atoms with E-state index in [2.05, 4.69) is 179 Å². The molecule has 0 bridgehead atoms. The summed E-state index contributed by atoms with van der Waals surface area (Å²) in [6.45, 7) is 16.7. The standard InChI is InChI=1S/C80H68N2O8/c1-9-29-82(30-10-2)63-26-22-57-39-68(78(84)89-74(57)43-63)55-24-28-66-65-27-23-52(40-71(65)80(5,6)72(66)41-55)61-36-59(50-17-16-49-32-53(20-18-48(49)31-50)69-46-70-75(87-8)44-64(86-7)45-76(70)90-79(69)85)35-60(37-61)51-15-13-47-14-19-54(34-58(47)33-51)67-38-56-21-25-62(81(11-3)12-4)42-73(56)88-77(67)83/h13-28,31-46H,9-12,29-30H2,1-8H3. The molecular weight excluding hydrogens is 1120 g/mol. The Balaban J connectivity index is 0.848. The van der Waals surface area contributed by atoms with Crippen LogP contribution in [-0.4, -0.2) is 40.4 Å². The maximum absolute atomic E-state index is 13.9. The Bertz CT molecular complexity index is 5230. The maximum Gasteiger partial charge on any atom is 0.344 e. The summed E-state index contributed by atoms with van der Waals surface area (Å²) >= 11 is 0. The number of hydrogen-bond acceptors (Lipinski definition) is 10. The monoisotopic (exact) mass is 1180 g/mol. The quantitative estimate of drug-likeness (QED) is 0.0866. The molecule has 1 aliphatic carbocycles. The molecule has 0 spiro atoms. The topological polar surface area (TPSA) is 116 Å². The van der Waals surface area contributed by atoms with Crippen molar-refractivity contribution in [1.82, 2.24) is 0 Å². The van der Waals surface area contributed by atoms with Gasteiger partial charge in [-0.15, -0.1) is 0 Å². The summed E-state index contributed by atoms with van der Waals surface area (Å²) < 4.78 is 29.1. The number of anilines is 2. The van der Waals surface area contributed by atoms with Crippen LogP contribution in [0.3, 0.4) is 0 Å². The molecule has 0 radical (unpaired) electrons. The minimum Gasteiger partial charge on any atom is -0.496 e. The van der Waals surface area contributed by atoms with Crippen LogP contribution in [0.5, 0.6) is 11.5 Å². The van der Waals surface area contributed by atoms with E-state index in [1.54, 1.807) is 26.4 Å². The highest BCUT2D eigenvalue weighted by molar-refractivity contribution is 5.97. The molecule has 0 unspecified atom stereocenters. The zero-order valence-electron chi connectivity index (χ0n) is 51.9. The van der Waals surface area contributed by atoms with E-state index in [0.29, 0.717) is 50.3 Å². The van der Waals surface area contributed by atoms with E-state index in [1.807, 2.05) is 54.6 Å². The third-order valence-electron chi connectivity index (χ3n) is 18.4. The van der Waals surface area contributed by atoms with E-state index >= 15 is 0 Å². The highest BCUT2D eigenvalue weighted by Gasteiger charge is 2.36. The summed E-state index contributed by atoms with van der Waals surface area (Å²) in [7, 11) is 3.15. The average molecular weight is 1190 g/mol. The predicted octanol–water partition coefficient (Wildman–Crippen LogP) is 19.1. The van der Waals surface area contributed by atoms with E-state index in [1.165, 1.54) is 5.56 Å². The van der Waals surface area contributed by atoms with Crippen molar-refractivity contribution in [2.24, 2.45) is 0 Å². The van der Waals surface area contributed by atoms with Gasteiger partial charge in [-0.25, -0.2) is 14.4 Å². The molecule has 13 aromatic rings. The van der Waals surface area contributed by atoms with E-state index < -0.39 is 11.0 Å². The van der Waals surface area contributed by atoms with E-state index in [0.717, 1.165) is 149 Å². The molecule has 0 aliphatic heterocycles. The van der Waals surface area contributed by atoms with Gasteiger partial charge in [0.05, 0.1) is 36.3 Å². The number of ether oxygens (including phenoxy) is 2. The van der Waals surface area contributed by atoms with Crippen molar-refractivity contribution in [1.29, 1.82) is 0 Å². The lowest BCUT2D eigenvalue weighted by Gasteiger charge is -2.24. The highest BCUT2D eigenvalue weighted by Crippen LogP contribution is 2.51. The molecule has 0 amide bonds. The fourth-order valence-corrected chi connectivity index (χ4v) is 13.5. The number of fused-ring (bicyclic) bond motifs is 8. The number of rotatable bonds is 16. The summed E-state index contributed by atoms with van der Waals surface area (Å²) in [6, 6.07) is 66.6. The summed E-state index contributed by atoms with van der Waals surface area (Å²) in [4.78, 5) is 45.9. The van der Waals surface area contributed by atoms with Crippen molar-refractivity contribution in [2.45, 2.75) is 59.8 Å². The molecule has 446 valence electrons. The molecule has 90 heavy (non-hydrogen) atoms. The maximum atomic E-state index is 13.9. The van der Waals surface area contributed by atoms with Crippen LogP contribution in [0.2, 0.25) is 0 Å². The first-order valence-corrected chi connectivity index (χ1v) is 31.1. The van der Waals surface area contributed by atoms with E-state index in [9.17, 15) is 14.4 Å². The van der Waals surface area contributed by atoms with Gasteiger partial charge in [0, 0.05) is 78.0 Å². The second-order valence-electron chi connectivity index (χ2n) is 24.2. The number of hydrogen-bond donors (Lipinski definition) is 0. The fourth-order valence-electron chi connectivity index (χ4n) is 13.5. The zero-order valence-corrected chi connectivity index (χ0v) is 51.9. The molecule has 10 heteroatoms. The van der Waals surface area contributed by atoms with Gasteiger partial charge in [-0.05, 0) is 218 Å². The molecule has 3 heterocycles. The lowest BCUT2D eigenvalue weighted by atomic mass is 9.80. The van der Waals surface area contributed by atoms with Crippen LogP contribution in [0.25, 0.3) is 132 Å². The van der Waals surface area contributed by atoms with Crippen LogP contribution in [-0.2, 0) is 5.41 Å². The van der Waals surface area contributed by atoms with Gasteiger partial charge in [0.1, 0.15) is 28.2 Å². The first kappa shape index (κ1) is 57.3. The van der Waals surface area contributed by atoms with Crippen LogP contribution < -0.4 is 36.2 Å². The van der Waals surface area contributed by atoms with Gasteiger partial charge in [-0.1, -0.05) is 100 Å². The van der Waals surface area contributed by atoms with Gasteiger partial charge in [0.2, 0.25) is 0 Å². The van der Waals surface area contributed by atoms with Gasteiger partial charge >= 0.3 is 16.9 Å². The van der Waals surface area contributed by atoms with Gasteiger partial charge in [0.15, 0.2) is 0 Å². The lowest BCUT2D eigenvalue weighted by Crippen LogP contribution is -2.24. The first-order chi connectivity index (χ1) is 43.7. The highest BCUT2D eigenvalue weighted by atomic mass is 16.5. The Labute approximate surface area is 521 Å². The third kappa shape index (κ3) is 10.2. The first-order valence-electron chi connectivity index (χ1n) is 31.1. The minimum absolute atomic E-state index is 0.355. The second-order valence-corrected chi connectivity index (χ2v) is 24.2. The number of benzene rings is 10. The van der Waals surface area contributed by atoms with Crippen LogP contribution in [0.15, 0.2) is 222 Å². The predicted molar refractivity (Wildman–Crippen MR) is 369 cm³/mol. The largest absolute Gasteiger partial charge is 0.496 e. The minimum atomic E-state index is -0.458. The Morgan fingerprint density at radius 1 is 0.356 bits per heavy atom. The van der Waals surface area contributed by atoms with Crippen molar-refractivity contribution >= 4 is 65.8 Å². The van der Waals surface area contributed by atoms with Gasteiger partial charge < -0.3 is 32.5 Å². The molecule has 0 saturated heterocycles. The van der Waals surface area contributed by atoms with Gasteiger partial charge in [-0.2, -0.15) is 0 Å². The summed E-state index contributed by atoms with van der Waals surface area (Å²) in [5.41, 5.74) is 16.7. The molecule has 0 fully saturated rings. The summed E-state index contributed by atoms with van der Waals surface area (Å²) in [5, 5.41) is 6.42. The molecule has 0 N–H and O–H groups in total. The van der Waals surface area contributed by atoms with Crippen LogP contribution >= 0.6 is 0 Å². The number of methoxy groups -OCH3 is 2. The van der Waals surface area contributed by atoms with Crippen molar-refractivity contribution in [3.05, 3.63) is 237 Å². The molecule has 14 rings (SSSR count). The Morgan fingerprint density at radius 2 is 0.778 bits per heavy atom. The molecule has 3 aromatic heterocycles. The van der Waals surface area contributed by atoms with Crippen LogP contribution in [0.4, 0.5) is 11.4 Å². The lowest BCUT2D eigenvalue weighted by molar-refractivity contribution is 0.396. The molecule has 10 nitrogen and oxygen atoms in total. The Kier molecular flexibility index (Phi) is 14.6. The van der Waals surface area contributed by atoms with Crippen molar-refractivity contribution in [2.75, 3.05) is 50.2 Å². The molecule has 10 aromatic carbocycles. The SMILES string of the molecule is CCCN(CCC)c1ccc2cc(-c3ccc4c(c3)C(C)(C)c3cc(-c5cc(-c6ccc7cc(-c8cc9c(OC)cc(OC)cc9oc8=O)ccc7c6)cc(-c6ccc7ccc(-c8cc9ccc(N(CC)CC)cc9oc8=O)cc7c6)c5)ccc3-4)c(=O)oc2c1. The normalized spacial score (nSPS) is 12.5. The third-order valence-corrected chi connectivity index (χ3v) is 18.4.